The molecule has 1 aromatic heterocycles. The van der Waals surface area contributed by atoms with Gasteiger partial charge < -0.3 is 11.4 Å². The van der Waals surface area contributed by atoms with E-state index in [2.05, 4.69) is 41.3 Å². The third-order valence-electron chi connectivity index (χ3n) is 6.30. The molecular weight excluding hydrogens is 451 g/mol. The molecule has 5 rings (SSSR count). The van der Waals surface area contributed by atoms with Crippen LogP contribution < -0.4 is 34.5 Å². The van der Waals surface area contributed by atoms with E-state index >= 15 is 0 Å². The number of aromatic carboxylic acids is 1. The van der Waals surface area contributed by atoms with Crippen molar-refractivity contribution in [2.45, 2.75) is 38.3 Å². The summed E-state index contributed by atoms with van der Waals surface area (Å²) >= 11 is 1.70. The number of carboxylic acid groups (broad SMARTS) is 1. The molecule has 168 valence electrons. The normalized spacial score (nSPS) is 13.4. The average Bonchev–Trinajstić information content (AvgIpc) is 3.55. The molecule has 1 saturated carbocycles. The van der Waals surface area contributed by atoms with Crippen molar-refractivity contribution in [3.63, 3.8) is 0 Å². The Bertz CT molecular complexity index is 1190. The molecule has 34 heavy (non-hydrogen) atoms. The van der Waals surface area contributed by atoms with E-state index in [1.54, 1.807) is 23.5 Å². The maximum Gasteiger partial charge on any atom is 1.00 e. The number of benzene rings is 3. The second kappa shape index (κ2) is 11.3. The Balaban J connectivity index is 0.00000171. The Labute approximate surface area is 228 Å². The molecule has 1 aliphatic carbocycles. The van der Waals surface area contributed by atoms with Crippen LogP contribution in [0.25, 0.3) is 21.7 Å². The van der Waals surface area contributed by atoms with Crippen LogP contribution in [-0.4, -0.2) is 22.1 Å². The minimum absolute atomic E-state index is 0. The van der Waals surface area contributed by atoms with E-state index in [-0.39, 0.29) is 31.0 Å². The Morgan fingerprint density at radius 1 is 0.912 bits per heavy atom. The molecule has 1 aliphatic rings. The van der Waals surface area contributed by atoms with Crippen LogP contribution >= 0.6 is 11.3 Å². The molecule has 3 aromatic carbocycles. The molecule has 0 saturated heterocycles. The van der Waals surface area contributed by atoms with Gasteiger partial charge in [0.2, 0.25) is 0 Å². The summed E-state index contributed by atoms with van der Waals surface area (Å²) in [4.78, 5) is 20.5. The maximum atomic E-state index is 11.9. The van der Waals surface area contributed by atoms with E-state index < -0.39 is 5.97 Å². The fraction of sp³-hybridized carbons (Fsp3) is 0.214. The van der Waals surface area contributed by atoms with Crippen LogP contribution in [0.5, 0.6) is 0 Å². The number of nitrogens with zero attached hydrogens (tertiary/aromatic N) is 2. The molecular formula is C28H27N2NaO2S. The fourth-order valence-corrected chi connectivity index (χ4v) is 5.79. The molecule has 0 bridgehead atoms. The van der Waals surface area contributed by atoms with Crippen molar-refractivity contribution < 1.29 is 40.9 Å². The van der Waals surface area contributed by atoms with Crippen LogP contribution in [0, 0.1) is 0 Å². The van der Waals surface area contributed by atoms with E-state index in [0.29, 0.717) is 18.2 Å². The summed E-state index contributed by atoms with van der Waals surface area (Å²) in [5.74, 6) is -0.883. The van der Waals surface area contributed by atoms with Gasteiger partial charge in [0.25, 0.3) is 0 Å². The molecule has 0 atom stereocenters. The van der Waals surface area contributed by atoms with Gasteiger partial charge in [0.05, 0.1) is 16.1 Å². The molecule has 4 nitrogen and oxygen atoms in total. The van der Waals surface area contributed by atoms with E-state index in [1.807, 2.05) is 36.4 Å². The summed E-state index contributed by atoms with van der Waals surface area (Å²) in [6.07, 6.45) is 4.61. The van der Waals surface area contributed by atoms with E-state index in [9.17, 15) is 9.90 Å². The van der Waals surface area contributed by atoms with Crippen LogP contribution in [0.4, 0.5) is 5.13 Å². The minimum atomic E-state index is -0.883. The van der Waals surface area contributed by atoms with Crippen molar-refractivity contribution in [3.8, 4) is 21.7 Å². The average molecular weight is 479 g/mol. The topological polar surface area (TPSA) is 53.4 Å². The number of carboxylic acids is 1. The molecule has 0 radical (unpaired) electrons. The number of anilines is 1. The van der Waals surface area contributed by atoms with Gasteiger partial charge in [-0.25, -0.2) is 9.78 Å². The SMILES string of the molecule is O=C(O)c1ccccc1CN(c1nc(-c2ccccc2)c(-c2ccccc2)s1)C1CCCC1.[H-].[Na+]. The smallest absolute Gasteiger partial charge is 1.00 e. The number of aromatic nitrogens is 1. The second-order valence-electron chi connectivity index (χ2n) is 8.43. The summed E-state index contributed by atoms with van der Waals surface area (Å²) in [5.41, 5.74) is 4.42. The predicted molar refractivity (Wildman–Crippen MR) is 136 cm³/mol. The monoisotopic (exact) mass is 478 g/mol. The Morgan fingerprint density at radius 2 is 1.50 bits per heavy atom. The van der Waals surface area contributed by atoms with Crippen LogP contribution in [0.15, 0.2) is 84.9 Å². The first kappa shape index (κ1) is 24.7. The zero-order valence-electron chi connectivity index (χ0n) is 20.4. The van der Waals surface area contributed by atoms with Crippen molar-refractivity contribution in [1.82, 2.24) is 4.98 Å². The summed E-state index contributed by atoms with van der Waals surface area (Å²) in [5, 5.41) is 10.7. The molecule has 0 unspecified atom stereocenters. The van der Waals surface area contributed by atoms with Gasteiger partial charge in [-0.1, -0.05) is 103 Å². The van der Waals surface area contributed by atoms with Crippen molar-refractivity contribution in [1.29, 1.82) is 0 Å². The zero-order valence-corrected chi connectivity index (χ0v) is 22.2. The Morgan fingerprint density at radius 3 is 2.15 bits per heavy atom. The molecule has 0 amide bonds. The molecule has 0 aliphatic heterocycles. The molecule has 0 spiro atoms. The van der Waals surface area contributed by atoms with Crippen molar-refractivity contribution in [2.75, 3.05) is 4.90 Å². The standard InChI is InChI=1S/C28H26N2O2S.Na.H/c31-27(32)24-18-10-7-15-22(24)19-30(23-16-8-9-17-23)28-29-25(20-11-3-1-4-12-20)26(33-28)21-13-5-2-6-14-21;;/h1-7,10-15,18,23H,8-9,16-17,19H2,(H,31,32);;/q;+1;-1. The van der Waals surface area contributed by atoms with E-state index in [4.69, 9.17) is 4.98 Å². The summed E-state index contributed by atoms with van der Waals surface area (Å²) in [7, 11) is 0. The largest absolute Gasteiger partial charge is 1.00 e. The second-order valence-corrected chi connectivity index (χ2v) is 9.41. The molecule has 1 fully saturated rings. The number of rotatable bonds is 7. The third-order valence-corrected chi connectivity index (χ3v) is 7.44. The van der Waals surface area contributed by atoms with Gasteiger partial charge in [0.15, 0.2) is 5.13 Å². The van der Waals surface area contributed by atoms with Gasteiger partial charge in [0.1, 0.15) is 0 Å². The van der Waals surface area contributed by atoms with Crippen LogP contribution in [0.1, 0.15) is 43.0 Å². The van der Waals surface area contributed by atoms with Gasteiger partial charge in [-0.15, -0.1) is 0 Å². The molecule has 4 aromatic rings. The van der Waals surface area contributed by atoms with Crippen LogP contribution in [-0.2, 0) is 6.54 Å². The first-order valence-corrected chi connectivity index (χ1v) is 12.2. The van der Waals surface area contributed by atoms with Gasteiger partial charge in [-0.3, -0.25) is 0 Å². The third kappa shape index (κ3) is 5.28. The summed E-state index contributed by atoms with van der Waals surface area (Å²) < 4.78 is 0. The number of hydrogen-bond donors (Lipinski definition) is 1. The summed E-state index contributed by atoms with van der Waals surface area (Å²) in [6.45, 7) is 0.545. The first-order valence-electron chi connectivity index (χ1n) is 11.4. The molecule has 1 heterocycles. The van der Waals surface area contributed by atoms with Gasteiger partial charge in [0, 0.05) is 18.2 Å². The number of hydrogen-bond acceptors (Lipinski definition) is 4. The van der Waals surface area contributed by atoms with Gasteiger partial charge >= 0.3 is 35.5 Å². The van der Waals surface area contributed by atoms with Gasteiger partial charge in [-0.2, -0.15) is 0 Å². The van der Waals surface area contributed by atoms with E-state index in [1.165, 1.54) is 12.8 Å². The van der Waals surface area contributed by atoms with Crippen LogP contribution in [0.3, 0.4) is 0 Å². The maximum absolute atomic E-state index is 11.9. The quantitative estimate of drug-likeness (QED) is 0.404. The van der Waals surface area contributed by atoms with Crippen LogP contribution in [0.2, 0.25) is 0 Å². The van der Waals surface area contributed by atoms with Gasteiger partial charge in [-0.05, 0) is 30.0 Å². The zero-order chi connectivity index (χ0) is 22.6. The minimum Gasteiger partial charge on any atom is -1.00 e. The number of thiazole rings is 1. The molecule has 6 heteroatoms. The number of carbonyl (C=O) groups is 1. The first-order chi connectivity index (χ1) is 16.2. The summed E-state index contributed by atoms with van der Waals surface area (Å²) in [6, 6.07) is 28.4. The Hall–Kier alpha value is -2.44. The van der Waals surface area contributed by atoms with Crippen molar-refractivity contribution in [2.24, 2.45) is 0 Å². The predicted octanol–water partition coefficient (Wildman–Crippen LogP) is 4.24. The fourth-order valence-electron chi connectivity index (χ4n) is 4.63. The van der Waals surface area contributed by atoms with Crippen molar-refractivity contribution >= 4 is 22.4 Å². The van der Waals surface area contributed by atoms with Crippen molar-refractivity contribution in [3.05, 3.63) is 96.1 Å². The van der Waals surface area contributed by atoms with E-state index in [0.717, 1.165) is 45.2 Å². The molecule has 1 N–H and O–H groups in total. The Kier molecular flexibility index (Phi) is 8.22.